The Balaban J connectivity index is 0.000000241. The summed E-state index contributed by atoms with van der Waals surface area (Å²) in [6, 6.07) is 24.0. The van der Waals surface area contributed by atoms with Crippen molar-refractivity contribution in [2.45, 2.75) is 112 Å². The molecule has 4 aliphatic rings. The molecule has 7 heterocycles. The molecule has 4 saturated heterocycles. The van der Waals surface area contributed by atoms with Gasteiger partial charge in [0.25, 0.3) is 17.7 Å². The van der Waals surface area contributed by atoms with Crippen LogP contribution in [0, 0.1) is 20.8 Å². The highest BCUT2D eigenvalue weighted by Gasteiger charge is 2.34. The molecule has 79 heavy (non-hydrogen) atoms. The summed E-state index contributed by atoms with van der Waals surface area (Å²) in [4.78, 5) is 78.8. The van der Waals surface area contributed by atoms with Gasteiger partial charge in [-0.2, -0.15) is 0 Å². The number of primary amides is 3. The second-order valence-corrected chi connectivity index (χ2v) is 23.4. The van der Waals surface area contributed by atoms with E-state index in [9.17, 15) is 24.0 Å². The van der Waals surface area contributed by atoms with Gasteiger partial charge >= 0.3 is 6.09 Å². The molecule has 6 aromatic rings. The van der Waals surface area contributed by atoms with Crippen LogP contribution in [0.25, 0.3) is 31.3 Å². The maximum atomic E-state index is 12.3. The van der Waals surface area contributed by atoms with Crippen molar-refractivity contribution in [3.05, 3.63) is 134 Å². The Bertz CT molecular complexity index is 2990. The second-order valence-electron chi connectivity index (χ2n) is 20.3. The minimum Gasteiger partial charge on any atom is -0.444 e. The number of aromatic nitrogens is 3. The van der Waals surface area contributed by atoms with Gasteiger partial charge in [-0.1, -0.05) is 111 Å². The van der Waals surface area contributed by atoms with Crippen molar-refractivity contribution >= 4 is 76.1 Å². The van der Waals surface area contributed by atoms with Gasteiger partial charge in [0.1, 0.15) is 22.7 Å². The summed E-state index contributed by atoms with van der Waals surface area (Å²) in [7, 11) is 0. The van der Waals surface area contributed by atoms with E-state index in [1.165, 1.54) is 47.2 Å². The van der Waals surface area contributed by atoms with Crippen molar-refractivity contribution in [3.63, 3.8) is 0 Å². The van der Waals surface area contributed by atoms with E-state index >= 15 is 0 Å². The lowest BCUT2D eigenvalue weighted by Crippen LogP contribution is -2.35. The van der Waals surface area contributed by atoms with Crippen LogP contribution in [0.2, 0.25) is 0 Å². The Hall–Kier alpha value is -6.35. The number of nitrogens with two attached hydrogens (primary N) is 3. The van der Waals surface area contributed by atoms with E-state index in [4.69, 9.17) is 26.7 Å². The Morgan fingerprint density at radius 2 is 0.987 bits per heavy atom. The van der Waals surface area contributed by atoms with E-state index in [0.717, 1.165) is 103 Å². The summed E-state index contributed by atoms with van der Waals surface area (Å²) in [6.07, 6.45) is 6.27. The minimum absolute atomic E-state index is 0. The number of hydrogen-bond donors (Lipinski definition) is 4. The molecule has 20 heteroatoms. The number of nitrogens with one attached hydrogen (secondary N) is 1. The zero-order valence-corrected chi connectivity index (χ0v) is 47.9. The number of rotatable bonds is 10. The largest absolute Gasteiger partial charge is 0.444 e. The molecule has 5 amide bonds. The van der Waals surface area contributed by atoms with Gasteiger partial charge in [-0.25, -0.2) is 19.7 Å². The van der Waals surface area contributed by atoms with E-state index < -0.39 is 23.3 Å². The van der Waals surface area contributed by atoms with Gasteiger partial charge in [-0.3, -0.25) is 19.2 Å². The Morgan fingerprint density at radius 3 is 1.30 bits per heavy atom. The molecule has 10 rings (SSSR count). The number of hydrogen-bond acceptors (Lipinski definition) is 14. The average Bonchev–Trinajstić information content (AvgIpc) is 4.29. The van der Waals surface area contributed by atoms with Crippen LogP contribution in [-0.2, 0) is 14.3 Å². The Kier molecular flexibility index (Phi) is 24.5. The lowest BCUT2D eigenvalue weighted by molar-refractivity contribution is -0.125. The number of benzene rings is 3. The van der Waals surface area contributed by atoms with Crippen LogP contribution < -0.4 is 22.5 Å². The standard InChI is InChI=1S/C20H25N3O3S.C18H19N3O2S.C15H17N3OS.C4H8O.2CH4.ClH/c1-12-5-7-13(8-6-12)16-15(17(21)24)22-18(27-16)14-9-10-23(11-14)19(25)26-20(2,3)4;1-3-14(22)21-9-8-13(10-21)18-20-15(17(19)23)16(24-18)12-6-4-11(2)5-7-12;1-9-2-4-10(5-3-9)13-12(14(16)19)18-15(20-13)11-6-7-17-8-11;1-2-4-5-3-1;;;/h5-8,14H,9-11H2,1-4H3,(H2,21,24);3-7,13H,1,8-10H2,2H3,(H2,19,23);2-5,11,17H,6-8H2,1H3,(H2,16,19);1-4H2;2*1H4;1H. The molecule has 3 aromatic heterocycles. The maximum Gasteiger partial charge on any atom is 0.410 e. The Labute approximate surface area is 484 Å². The molecule has 426 valence electrons. The predicted molar refractivity (Wildman–Crippen MR) is 323 cm³/mol. The fourth-order valence-electron chi connectivity index (χ4n) is 8.86. The van der Waals surface area contributed by atoms with Gasteiger partial charge in [0, 0.05) is 63.7 Å². The van der Waals surface area contributed by atoms with Crippen LogP contribution in [0.3, 0.4) is 0 Å². The molecular weight excluding hydrogens is 1080 g/mol. The summed E-state index contributed by atoms with van der Waals surface area (Å²) in [5, 5.41) is 6.04. The highest BCUT2D eigenvalue weighted by Crippen LogP contribution is 2.40. The second kappa shape index (κ2) is 29.7. The molecule has 0 aliphatic carbocycles. The minimum atomic E-state index is -0.532. The SMILES string of the molecule is C.C.C1CCOC1.C=CC(=O)N1CCC(c2nc(C(N)=O)c(-c3ccc(C)cc3)s2)C1.Cc1ccc(-c2sc(C3CCN(C(=O)OC(C)(C)C)C3)nc2C(N)=O)cc1.Cc1ccc(-c2sc(C3CCNC3)nc2C(N)=O)cc1.Cl. The fraction of sp³-hybridized carbons (Fsp3) is 0.424. The summed E-state index contributed by atoms with van der Waals surface area (Å²) in [5.74, 6) is -0.953. The number of carbonyl (C=O) groups excluding carboxylic acids is 5. The quantitative estimate of drug-likeness (QED) is 0.0941. The molecule has 4 aliphatic heterocycles. The lowest BCUT2D eigenvalue weighted by Gasteiger charge is -2.24. The van der Waals surface area contributed by atoms with Crippen molar-refractivity contribution in [1.82, 2.24) is 30.1 Å². The highest BCUT2D eigenvalue weighted by molar-refractivity contribution is 7.16. The van der Waals surface area contributed by atoms with Gasteiger partial charge in [-0.15, -0.1) is 46.4 Å². The highest BCUT2D eigenvalue weighted by atomic mass is 35.5. The molecule has 0 bridgehead atoms. The molecule has 3 atom stereocenters. The molecule has 3 aromatic carbocycles. The smallest absolute Gasteiger partial charge is 0.410 e. The third-order valence-corrected chi connectivity index (χ3v) is 16.8. The molecule has 0 spiro atoms. The number of thiazole rings is 3. The normalized spacial score (nSPS) is 17.2. The van der Waals surface area contributed by atoms with Gasteiger partial charge in [0.05, 0.1) is 29.7 Å². The molecule has 0 saturated carbocycles. The fourth-order valence-corrected chi connectivity index (χ4v) is 12.5. The van der Waals surface area contributed by atoms with Crippen LogP contribution in [-0.4, -0.2) is 113 Å². The number of amides is 5. The summed E-state index contributed by atoms with van der Waals surface area (Å²) < 4.78 is 10.4. The first-order valence-corrected chi connectivity index (χ1v) is 28.0. The summed E-state index contributed by atoms with van der Waals surface area (Å²) in [5.41, 5.74) is 23.4. The average molecular weight is 1160 g/mol. The van der Waals surface area contributed by atoms with E-state index in [-0.39, 0.29) is 51.1 Å². The molecule has 0 radical (unpaired) electrons. The first-order valence-electron chi connectivity index (χ1n) is 25.6. The summed E-state index contributed by atoms with van der Waals surface area (Å²) >= 11 is 4.56. The third kappa shape index (κ3) is 17.6. The number of aryl methyl sites for hydroxylation is 3. The van der Waals surface area contributed by atoms with Crippen molar-refractivity contribution in [2.75, 3.05) is 52.5 Å². The first kappa shape index (κ1) is 65.2. The van der Waals surface area contributed by atoms with E-state index in [0.29, 0.717) is 49.2 Å². The molecule has 3 unspecified atom stereocenters. The lowest BCUT2D eigenvalue weighted by atomic mass is 10.1. The molecule has 16 nitrogen and oxygen atoms in total. The molecule has 7 N–H and O–H groups in total. The van der Waals surface area contributed by atoms with Crippen LogP contribution >= 0.6 is 46.4 Å². The number of halogens is 1. The monoisotopic (exact) mass is 1160 g/mol. The predicted octanol–water partition coefficient (Wildman–Crippen LogP) is 11.4. The molecule has 4 fully saturated rings. The number of ether oxygens (including phenoxy) is 2. The van der Waals surface area contributed by atoms with Crippen molar-refractivity contribution in [2.24, 2.45) is 17.2 Å². The zero-order valence-electron chi connectivity index (χ0n) is 44.6. The Morgan fingerprint density at radius 1 is 0.620 bits per heavy atom. The first-order chi connectivity index (χ1) is 36.3. The topological polar surface area (TPSA) is 239 Å². The van der Waals surface area contributed by atoms with Gasteiger partial charge in [-0.05, 0) is 103 Å². The number of likely N-dealkylation sites (tertiary alicyclic amines) is 2. The zero-order chi connectivity index (χ0) is 54.7. The van der Waals surface area contributed by atoms with E-state index in [1.807, 2.05) is 114 Å². The van der Waals surface area contributed by atoms with Gasteiger partial charge in [0.15, 0.2) is 0 Å². The number of nitrogens with zero attached hydrogens (tertiary/aromatic N) is 5. The summed E-state index contributed by atoms with van der Waals surface area (Å²) in [6.45, 7) is 21.5. The van der Waals surface area contributed by atoms with Crippen molar-refractivity contribution in [3.8, 4) is 31.3 Å². The van der Waals surface area contributed by atoms with Gasteiger partial charge in [0.2, 0.25) is 5.91 Å². The maximum absolute atomic E-state index is 12.3. The third-order valence-electron chi connectivity index (χ3n) is 13.0. The number of carbonyl (C=O) groups is 5. The molecular formula is C59H78ClN9O7S3. The van der Waals surface area contributed by atoms with Gasteiger partial charge < -0.3 is 41.8 Å². The van der Waals surface area contributed by atoms with Crippen molar-refractivity contribution < 1.29 is 33.4 Å². The van der Waals surface area contributed by atoms with Crippen LogP contribution in [0.15, 0.2) is 85.5 Å². The van der Waals surface area contributed by atoms with Crippen LogP contribution in [0.4, 0.5) is 4.79 Å². The van der Waals surface area contributed by atoms with Crippen LogP contribution in [0.5, 0.6) is 0 Å². The van der Waals surface area contributed by atoms with Crippen LogP contribution in [0.1, 0.15) is 149 Å². The van der Waals surface area contributed by atoms with E-state index in [1.54, 1.807) is 21.1 Å². The van der Waals surface area contributed by atoms with Crippen molar-refractivity contribution in [1.29, 1.82) is 0 Å². The van der Waals surface area contributed by atoms with E-state index in [2.05, 4.69) is 26.8 Å².